The standard InChI is InChI=1S/C15H22N2/c1-11-8-14(11)17-10-12(2)16-9-15(17)13-6-4-3-5-7-13/h3-7,11-12,14-16H,8-10H2,1-2H3. The van der Waals surface area contributed by atoms with Crippen molar-refractivity contribution in [1.29, 1.82) is 0 Å². The fourth-order valence-electron chi connectivity index (χ4n) is 3.05. The average molecular weight is 230 g/mol. The largest absolute Gasteiger partial charge is 0.311 e. The van der Waals surface area contributed by atoms with Gasteiger partial charge in [-0.15, -0.1) is 0 Å². The Labute approximate surface area is 104 Å². The van der Waals surface area contributed by atoms with Crippen LogP contribution in [0.15, 0.2) is 30.3 Å². The van der Waals surface area contributed by atoms with Crippen molar-refractivity contribution >= 4 is 0 Å². The molecule has 1 saturated carbocycles. The summed E-state index contributed by atoms with van der Waals surface area (Å²) in [4.78, 5) is 2.72. The molecule has 4 atom stereocenters. The molecule has 1 aromatic rings. The zero-order valence-corrected chi connectivity index (χ0v) is 10.8. The van der Waals surface area contributed by atoms with Crippen LogP contribution in [0.3, 0.4) is 0 Å². The lowest BCUT2D eigenvalue weighted by Crippen LogP contribution is -2.52. The van der Waals surface area contributed by atoms with E-state index in [1.54, 1.807) is 0 Å². The van der Waals surface area contributed by atoms with Crippen LogP contribution in [0, 0.1) is 5.92 Å². The number of nitrogens with one attached hydrogen (secondary N) is 1. The molecule has 0 amide bonds. The van der Waals surface area contributed by atoms with Gasteiger partial charge in [-0.2, -0.15) is 0 Å². The Balaban J connectivity index is 1.81. The molecule has 2 nitrogen and oxygen atoms in total. The van der Waals surface area contributed by atoms with E-state index < -0.39 is 0 Å². The Morgan fingerprint density at radius 2 is 1.88 bits per heavy atom. The van der Waals surface area contributed by atoms with Gasteiger partial charge in [0.2, 0.25) is 0 Å². The van der Waals surface area contributed by atoms with E-state index in [0.717, 1.165) is 18.5 Å². The third-order valence-corrected chi connectivity index (χ3v) is 4.22. The Hall–Kier alpha value is -0.860. The van der Waals surface area contributed by atoms with Gasteiger partial charge in [-0.1, -0.05) is 37.3 Å². The van der Waals surface area contributed by atoms with Crippen LogP contribution in [0.1, 0.15) is 31.9 Å². The first-order valence-electron chi connectivity index (χ1n) is 6.80. The number of hydrogen-bond donors (Lipinski definition) is 1. The Kier molecular flexibility index (Phi) is 2.93. The summed E-state index contributed by atoms with van der Waals surface area (Å²) in [6, 6.07) is 13.0. The molecule has 1 N–H and O–H groups in total. The summed E-state index contributed by atoms with van der Waals surface area (Å²) in [5.74, 6) is 0.895. The highest BCUT2D eigenvalue weighted by Gasteiger charge is 2.43. The molecule has 3 rings (SSSR count). The van der Waals surface area contributed by atoms with E-state index in [-0.39, 0.29) is 0 Å². The minimum atomic E-state index is 0.572. The molecule has 1 aliphatic carbocycles. The van der Waals surface area contributed by atoms with Gasteiger partial charge in [-0.25, -0.2) is 0 Å². The van der Waals surface area contributed by atoms with Crippen LogP contribution >= 0.6 is 0 Å². The van der Waals surface area contributed by atoms with Crippen molar-refractivity contribution in [2.45, 2.75) is 38.4 Å². The maximum absolute atomic E-state index is 3.62. The maximum Gasteiger partial charge on any atom is 0.0476 e. The van der Waals surface area contributed by atoms with Crippen LogP contribution in [0.2, 0.25) is 0 Å². The second-order valence-corrected chi connectivity index (χ2v) is 5.71. The molecule has 4 unspecified atom stereocenters. The summed E-state index contributed by atoms with van der Waals surface area (Å²) in [5, 5.41) is 3.62. The number of hydrogen-bond acceptors (Lipinski definition) is 2. The molecule has 1 aliphatic heterocycles. The molecular weight excluding hydrogens is 208 g/mol. The van der Waals surface area contributed by atoms with Gasteiger partial charge in [0.25, 0.3) is 0 Å². The molecule has 0 bridgehead atoms. The van der Waals surface area contributed by atoms with Crippen molar-refractivity contribution in [3.8, 4) is 0 Å². The Morgan fingerprint density at radius 1 is 1.18 bits per heavy atom. The zero-order valence-electron chi connectivity index (χ0n) is 10.8. The minimum Gasteiger partial charge on any atom is -0.311 e. The topological polar surface area (TPSA) is 15.3 Å². The van der Waals surface area contributed by atoms with Gasteiger partial charge >= 0.3 is 0 Å². The van der Waals surface area contributed by atoms with E-state index in [1.165, 1.54) is 18.5 Å². The van der Waals surface area contributed by atoms with Crippen molar-refractivity contribution < 1.29 is 0 Å². The highest BCUT2D eigenvalue weighted by atomic mass is 15.3. The number of piperazine rings is 1. The van der Waals surface area contributed by atoms with Crippen molar-refractivity contribution in [2.75, 3.05) is 13.1 Å². The maximum atomic E-state index is 3.62. The van der Waals surface area contributed by atoms with Crippen LogP contribution in [-0.4, -0.2) is 30.1 Å². The normalized spacial score (nSPS) is 38.0. The molecule has 2 heteroatoms. The first kappa shape index (κ1) is 11.2. The summed E-state index contributed by atoms with van der Waals surface area (Å²) < 4.78 is 0. The van der Waals surface area contributed by atoms with Crippen molar-refractivity contribution in [1.82, 2.24) is 10.2 Å². The fraction of sp³-hybridized carbons (Fsp3) is 0.600. The van der Waals surface area contributed by atoms with Crippen molar-refractivity contribution in [3.05, 3.63) is 35.9 Å². The first-order chi connectivity index (χ1) is 8.25. The summed E-state index contributed by atoms with van der Waals surface area (Å²) in [5.41, 5.74) is 1.46. The van der Waals surface area contributed by atoms with E-state index in [2.05, 4.69) is 54.4 Å². The molecule has 0 aromatic heterocycles. The second kappa shape index (κ2) is 4.43. The van der Waals surface area contributed by atoms with Crippen LogP contribution in [0.25, 0.3) is 0 Å². The molecule has 1 heterocycles. The van der Waals surface area contributed by atoms with Crippen molar-refractivity contribution in [2.24, 2.45) is 5.92 Å². The molecule has 0 spiro atoms. The fourth-order valence-corrected chi connectivity index (χ4v) is 3.05. The lowest BCUT2D eigenvalue weighted by atomic mass is 10.0. The number of nitrogens with zero attached hydrogens (tertiary/aromatic N) is 1. The molecule has 1 saturated heterocycles. The summed E-state index contributed by atoms with van der Waals surface area (Å²) in [6.07, 6.45) is 1.38. The third kappa shape index (κ3) is 2.24. The van der Waals surface area contributed by atoms with E-state index in [1.807, 2.05) is 0 Å². The number of rotatable bonds is 2. The van der Waals surface area contributed by atoms with E-state index in [0.29, 0.717) is 12.1 Å². The van der Waals surface area contributed by atoms with Gasteiger partial charge in [0.1, 0.15) is 0 Å². The van der Waals surface area contributed by atoms with E-state index in [4.69, 9.17) is 0 Å². The van der Waals surface area contributed by atoms with Gasteiger partial charge in [-0.3, -0.25) is 4.90 Å². The molecule has 1 aromatic carbocycles. The summed E-state index contributed by atoms with van der Waals surface area (Å²) in [6.45, 7) is 6.95. The molecular formula is C15H22N2. The van der Waals surface area contributed by atoms with Crippen LogP contribution < -0.4 is 5.32 Å². The van der Waals surface area contributed by atoms with Crippen LogP contribution in [-0.2, 0) is 0 Å². The number of benzene rings is 1. The predicted octanol–water partition coefficient (Wildman–Crippen LogP) is 2.43. The Bertz CT molecular complexity index is 376. The highest BCUT2D eigenvalue weighted by Crippen LogP contribution is 2.40. The van der Waals surface area contributed by atoms with E-state index >= 15 is 0 Å². The summed E-state index contributed by atoms with van der Waals surface area (Å²) >= 11 is 0. The van der Waals surface area contributed by atoms with Gasteiger partial charge in [-0.05, 0) is 24.8 Å². The monoisotopic (exact) mass is 230 g/mol. The van der Waals surface area contributed by atoms with Gasteiger partial charge < -0.3 is 5.32 Å². The third-order valence-electron chi connectivity index (χ3n) is 4.22. The Morgan fingerprint density at radius 3 is 2.53 bits per heavy atom. The predicted molar refractivity (Wildman–Crippen MR) is 70.9 cm³/mol. The SMILES string of the molecule is CC1CN(C2CC2C)C(c2ccccc2)CN1. The molecule has 2 aliphatic rings. The molecule has 2 fully saturated rings. The first-order valence-corrected chi connectivity index (χ1v) is 6.80. The smallest absolute Gasteiger partial charge is 0.0476 e. The zero-order chi connectivity index (χ0) is 11.8. The lowest BCUT2D eigenvalue weighted by molar-refractivity contribution is 0.121. The molecule has 17 heavy (non-hydrogen) atoms. The molecule has 92 valence electrons. The highest BCUT2D eigenvalue weighted by molar-refractivity contribution is 5.21. The van der Waals surface area contributed by atoms with Crippen LogP contribution in [0.4, 0.5) is 0 Å². The lowest BCUT2D eigenvalue weighted by Gasteiger charge is -2.40. The van der Waals surface area contributed by atoms with E-state index in [9.17, 15) is 0 Å². The van der Waals surface area contributed by atoms with Crippen molar-refractivity contribution in [3.63, 3.8) is 0 Å². The molecule has 0 radical (unpaired) electrons. The van der Waals surface area contributed by atoms with Gasteiger partial charge in [0, 0.05) is 31.2 Å². The van der Waals surface area contributed by atoms with Gasteiger partial charge in [0.15, 0.2) is 0 Å². The van der Waals surface area contributed by atoms with Crippen LogP contribution in [0.5, 0.6) is 0 Å². The minimum absolute atomic E-state index is 0.572. The quantitative estimate of drug-likeness (QED) is 0.839. The average Bonchev–Trinajstić information content (AvgIpc) is 3.07. The van der Waals surface area contributed by atoms with Gasteiger partial charge in [0.05, 0.1) is 0 Å². The second-order valence-electron chi connectivity index (χ2n) is 5.71. The summed E-state index contributed by atoms with van der Waals surface area (Å²) in [7, 11) is 0.